The van der Waals surface area contributed by atoms with Crippen molar-refractivity contribution in [3.05, 3.63) is 83.3 Å². The van der Waals surface area contributed by atoms with E-state index in [1.807, 2.05) is 22.6 Å². The molecule has 0 fully saturated rings. The van der Waals surface area contributed by atoms with Gasteiger partial charge in [-0.3, -0.25) is 4.40 Å². The van der Waals surface area contributed by atoms with Crippen molar-refractivity contribution in [2.75, 3.05) is 5.32 Å². The first-order chi connectivity index (χ1) is 12.6. The van der Waals surface area contributed by atoms with E-state index in [1.165, 1.54) is 12.1 Å². The maximum atomic E-state index is 13.1. The van der Waals surface area contributed by atoms with Crippen LogP contribution in [-0.2, 0) is 6.54 Å². The van der Waals surface area contributed by atoms with E-state index >= 15 is 0 Å². The van der Waals surface area contributed by atoms with Gasteiger partial charge in [0.1, 0.15) is 28.7 Å². The Bertz CT molecular complexity index is 1080. The molecule has 0 saturated heterocycles. The highest BCUT2D eigenvalue weighted by atomic mass is 35.5. The molecule has 0 amide bonds. The Morgan fingerprint density at radius 2 is 1.81 bits per heavy atom. The molecule has 6 heteroatoms. The molecule has 2 aromatic carbocycles. The minimum Gasteiger partial charge on any atom is -0.507 e. The predicted octanol–water partition coefficient (Wildman–Crippen LogP) is 5.11. The van der Waals surface area contributed by atoms with Crippen molar-refractivity contribution >= 4 is 23.1 Å². The second-order valence-electron chi connectivity index (χ2n) is 5.88. The third-order valence-corrected chi connectivity index (χ3v) is 4.34. The zero-order chi connectivity index (χ0) is 18.1. The van der Waals surface area contributed by atoms with Crippen molar-refractivity contribution in [3.8, 4) is 17.0 Å². The molecule has 0 aliphatic rings. The lowest BCUT2D eigenvalue weighted by atomic mass is 10.1. The first-order valence-electron chi connectivity index (χ1n) is 8.06. The molecule has 130 valence electrons. The number of hydrogen-bond donors (Lipinski definition) is 2. The van der Waals surface area contributed by atoms with Gasteiger partial charge in [0.05, 0.1) is 5.02 Å². The van der Waals surface area contributed by atoms with Gasteiger partial charge >= 0.3 is 0 Å². The van der Waals surface area contributed by atoms with Gasteiger partial charge in [-0.1, -0.05) is 35.9 Å². The molecule has 26 heavy (non-hydrogen) atoms. The summed E-state index contributed by atoms with van der Waals surface area (Å²) >= 11 is 6.14. The molecular formula is C20H15ClFN3O. The van der Waals surface area contributed by atoms with Crippen LogP contribution in [0, 0.1) is 5.82 Å². The van der Waals surface area contributed by atoms with Gasteiger partial charge in [0, 0.05) is 18.3 Å². The summed E-state index contributed by atoms with van der Waals surface area (Å²) < 4.78 is 14.9. The van der Waals surface area contributed by atoms with Crippen molar-refractivity contribution in [2.45, 2.75) is 6.54 Å². The smallest absolute Gasteiger partial charge is 0.139 e. The molecular weight excluding hydrogens is 353 g/mol. The van der Waals surface area contributed by atoms with E-state index in [-0.39, 0.29) is 11.6 Å². The summed E-state index contributed by atoms with van der Waals surface area (Å²) in [6, 6.07) is 16.9. The van der Waals surface area contributed by atoms with Gasteiger partial charge in [0.15, 0.2) is 0 Å². The minimum absolute atomic E-state index is 0.145. The summed E-state index contributed by atoms with van der Waals surface area (Å²) in [6.45, 7) is 0.473. The largest absolute Gasteiger partial charge is 0.507 e. The standard InChI is InChI=1S/C20H15ClFN3O/c21-14-7-10-18-24-19(16-3-1-2-4-17(16)26)20(25(18)12-14)23-11-13-5-8-15(22)9-6-13/h1-10,12,23,26H,11H2. The first kappa shape index (κ1) is 16.4. The Morgan fingerprint density at radius 1 is 1.04 bits per heavy atom. The van der Waals surface area contributed by atoms with Crippen molar-refractivity contribution in [1.29, 1.82) is 0 Å². The van der Waals surface area contributed by atoms with E-state index < -0.39 is 0 Å². The van der Waals surface area contributed by atoms with E-state index in [9.17, 15) is 9.50 Å². The van der Waals surface area contributed by atoms with E-state index in [1.54, 1.807) is 36.5 Å². The molecule has 0 radical (unpaired) electrons. The quantitative estimate of drug-likeness (QED) is 0.527. The molecule has 0 saturated carbocycles. The number of benzene rings is 2. The van der Waals surface area contributed by atoms with Crippen LogP contribution in [0.15, 0.2) is 66.9 Å². The first-order valence-corrected chi connectivity index (χ1v) is 8.44. The Kier molecular flexibility index (Phi) is 4.22. The monoisotopic (exact) mass is 367 g/mol. The number of rotatable bonds is 4. The SMILES string of the molecule is Oc1ccccc1-c1nc2ccc(Cl)cn2c1NCc1ccc(F)cc1. The summed E-state index contributed by atoms with van der Waals surface area (Å²) in [5.74, 6) is 0.574. The van der Waals surface area contributed by atoms with Crippen LogP contribution in [0.3, 0.4) is 0 Å². The van der Waals surface area contributed by atoms with Gasteiger partial charge in [-0.2, -0.15) is 0 Å². The zero-order valence-corrected chi connectivity index (χ0v) is 14.4. The highest BCUT2D eigenvalue weighted by Crippen LogP contribution is 2.35. The van der Waals surface area contributed by atoms with Crippen LogP contribution in [0.4, 0.5) is 10.2 Å². The normalized spacial score (nSPS) is 11.0. The molecule has 4 nitrogen and oxygen atoms in total. The van der Waals surface area contributed by atoms with Gasteiger partial charge < -0.3 is 10.4 Å². The maximum absolute atomic E-state index is 13.1. The molecule has 0 aliphatic heterocycles. The van der Waals surface area contributed by atoms with Crippen LogP contribution in [0.25, 0.3) is 16.9 Å². The number of aromatic nitrogens is 2. The number of halogens is 2. The molecule has 2 N–H and O–H groups in total. The number of phenols is 1. The highest BCUT2D eigenvalue weighted by Gasteiger charge is 2.16. The lowest BCUT2D eigenvalue weighted by Gasteiger charge is -2.10. The van der Waals surface area contributed by atoms with Crippen LogP contribution in [0.1, 0.15) is 5.56 Å². The number of imidazole rings is 1. The van der Waals surface area contributed by atoms with Crippen LogP contribution < -0.4 is 5.32 Å². The third kappa shape index (κ3) is 3.09. The summed E-state index contributed by atoms with van der Waals surface area (Å²) in [5.41, 5.74) is 2.86. The van der Waals surface area contributed by atoms with Gasteiger partial charge in [-0.15, -0.1) is 0 Å². The lowest BCUT2D eigenvalue weighted by Crippen LogP contribution is -2.03. The van der Waals surface area contributed by atoms with Gasteiger partial charge in [-0.05, 0) is 42.0 Å². The zero-order valence-electron chi connectivity index (χ0n) is 13.7. The van der Waals surface area contributed by atoms with Gasteiger partial charge in [0.25, 0.3) is 0 Å². The summed E-state index contributed by atoms with van der Waals surface area (Å²) in [7, 11) is 0. The lowest BCUT2D eigenvalue weighted by molar-refractivity contribution is 0.477. The molecule has 2 aromatic heterocycles. The topological polar surface area (TPSA) is 49.6 Å². The Hall–Kier alpha value is -3.05. The number of para-hydroxylation sites is 1. The number of nitrogens with zero attached hydrogens (tertiary/aromatic N) is 2. The van der Waals surface area contributed by atoms with E-state index in [4.69, 9.17) is 11.6 Å². The van der Waals surface area contributed by atoms with E-state index in [0.29, 0.717) is 34.3 Å². The number of aromatic hydroxyl groups is 1. The van der Waals surface area contributed by atoms with Crippen LogP contribution in [0.5, 0.6) is 5.75 Å². The van der Waals surface area contributed by atoms with E-state index in [2.05, 4.69) is 10.3 Å². The predicted molar refractivity (Wildman–Crippen MR) is 101 cm³/mol. The molecule has 4 aromatic rings. The van der Waals surface area contributed by atoms with Gasteiger partial charge in [-0.25, -0.2) is 9.37 Å². The third-order valence-electron chi connectivity index (χ3n) is 4.11. The van der Waals surface area contributed by atoms with Crippen LogP contribution in [-0.4, -0.2) is 14.5 Å². The van der Waals surface area contributed by atoms with Crippen molar-refractivity contribution in [3.63, 3.8) is 0 Å². The van der Waals surface area contributed by atoms with Crippen molar-refractivity contribution in [1.82, 2.24) is 9.38 Å². The number of nitrogens with one attached hydrogen (secondary N) is 1. The molecule has 2 heterocycles. The minimum atomic E-state index is -0.273. The number of hydrogen-bond acceptors (Lipinski definition) is 3. The molecule has 0 atom stereocenters. The molecule has 4 rings (SSSR count). The van der Waals surface area contributed by atoms with Crippen LogP contribution in [0.2, 0.25) is 5.02 Å². The fraction of sp³-hybridized carbons (Fsp3) is 0.0500. The average molecular weight is 368 g/mol. The summed E-state index contributed by atoms with van der Waals surface area (Å²) in [4.78, 5) is 4.63. The molecule has 0 spiro atoms. The van der Waals surface area contributed by atoms with Crippen molar-refractivity contribution < 1.29 is 9.50 Å². The number of pyridine rings is 1. The van der Waals surface area contributed by atoms with Gasteiger partial charge in [0.2, 0.25) is 0 Å². The van der Waals surface area contributed by atoms with E-state index in [0.717, 1.165) is 5.56 Å². The average Bonchev–Trinajstić information content (AvgIpc) is 2.99. The van der Waals surface area contributed by atoms with Crippen molar-refractivity contribution in [2.24, 2.45) is 0 Å². The number of fused-ring (bicyclic) bond motifs is 1. The fourth-order valence-electron chi connectivity index (χ4n) is 2.84. The molecule has 0 unspecified atom stereocenters. The maximum Gasteiger partial charge on any atom is 0.139 e. The molecule has 0 aliphatic carbocycles. The van der Waals surface area contributed by atoms with Crippen LogP contribution >= 0.6 is 11.6 Å². The molecule has 0 bridgehead atoms. The summed E-state index contributed by atoms with van der Waals surface area (Å²) in [6.07, 6.45) is 1.76. The Morgan fingerprint density at radius 3 is 2.58 bits per heavy atom. The fourth-order valence-corrected chi connectivity index (χ4v) is 3.00. The Labute approximate surface area is 154 Å². The highest BCUT2D eigenvalue weighted by molar-refractivity contribution is 6.30. The number of anilines is 1. The second-order valence-corrected chi connectivity index (χ2v) is 6.32. The Balaban J connectivity index is 1.80. The second kappa shape index (κ2) is 6.69. The summed E-state index contributed by atoms with van der Waals surface area (Å²) in [5, 5.41) is 14.1. The number of phenolic OH excluding ortho intramolecular Hbond substituents is 1.